The van der Waals surface area contributed by atoms with Crippen LogP contribution in [-0.2, 0) is 18.4 Å². The van der Waals surface area contributed by atoms with Crippen LogP contribution in [0, 0.1) is 0 Å². The lowest BCUT2D eigenvalue weighted by Gasteiger charge is -2.30. The molecule has 1 N–H and O–H groups in total. The Bertz CT molecular complexity index is 1250. The van der Waals surface area contributed by atoms with Gasteiger partial charge in [0.15, 0.2) is 11.5 Å². The lowest BCUT2D eigenvalue weighted by Crippen LogP contribution is -2.33. The molecule has 4 aromatic heterocycles. The van der Waals surface area contributed by atoms with Crippen LogP contribution in [0.3, 0.4) is 0 Å². The molecule has 0 unspecified atom stereocenters. The van der Waals surface area contributed by atoms with Gasteiger partial charge in [-0.3, -0.25) is 9.58 Å². The molecule has 1 aliphatic heterocycles. The highest BCUT2D eigenvalue weighted by atomic mass is 32.1. The Morgan fingerprint density at radius 1 is 1.18 bits per heavy atom. The number of nitrogens with zero attached hydrogens (tertiary/aromatic N) is 7. The molecular weight excluding hydrogens is 471 g/mol. The fraction of sp³-hybridized carbons (Fsp3) is 0.381. The van der Waals surface area contributed by atoms with E-state index in [9.17, 15) is 13.2 Å². The van der Waals surface area contributed by atoms with E-state index < -0.39 is 12.1 Å². The van der Waals surface area contributed by atoms with Crippen LogP contribution < -0.4 is 0 Å². The van der Waals surface area contributed by atoms with Gasteiger partial charge >= 0.3 is 12.1 Å². The van der Waals surface area contributed by atoms with Crippen molar-refractivity contribution in [3.05, 3.63) is 52.6 Å². The normalized spacial score (nSPS) is 15.3. The first-order valence-electron chi connectivity index (χ1n) is 10.5. The van der Waals surface area contributed by atoms with Crippen LogP contribution in [0.25, 0.3) is 17.0 Å². The summed E-state index contributed by atoms with van der Waals surface area (Å²) in [5, 5.41) is 29.4. The zero-order valence-corrected chi connectivity index (χ0v) is 19.0. The summed E-state index contributed by atoms with van der Waals surface area (Å²) in [6.45, 7) is 3.20. The van der Waals surface area contributed by atoms with E-state index in [4.69, 9.17) is 15.0 Å². The fourth-order valence-electron chi connectivity index (χ4n) is 3.81. The third kappa shape index (κ3) is 5.42. The van der Waals surface area contributed by atoms with E-state index in [1.807, 2.05) is 34.4 Å². The molecule has 0 saturated carbocycles. The number of aryl methyl sites for hydroxylation is 1. The highest BCUT2D eigenvalue weighted by Crippen LogP contribution is 2.28. The Hall–Kier alpha value is -3.32. The molecule has 4 aromatic rings. The zero-order chi connectivity index (χ0) is 24.3. The number of halogens is 3. The van der Waals surface area contributed by atoms with Gasteiger partial charge in [-0.15, -0.1) is 10.2 Å². The van der Waals surface area contributed by atoms with Crippen LogP contribution in [0.2, 0.25) is 0 Å². The molecule has 5 rings (SSSR count). The summed E-state index contributed by atoms with van der Waals surface area (Å²) in [5.74, 6) is -1.38. The number of thiophene rings is 1. The van der Waals surface area contributed by atoms with Crippen LogP contribution in [0.5, 0.6) is 0 Å². The van der Waals surface area contributed by atoms with Crippen molar-refractivity contribution in [1.29, 1.82) is 0 Å². The van der Waals surface area contributed by atoms with E-state index in [-0.39, 0.29) is 0 Å². The number of piperidine rings is 1. The van der Waals surface area contributed by atoms with Gasteiger partial charge in [0, 0.05) is 25.7 Å². The first kappa shape index (κ1) is 23.8. The lowest BCUT2D eigenvalue weighted by molar-refractivity contribution is -0.192. The van der Waals surface area contributed by atoms with Gasteiger partial charge < -0.3 is 5.11 Å². The van der Waals surface area contributed by atoms with E-state index >= 15 is 0 Å². The van der Waals surface area contributed by atoms with Gasteiger partial charge in [0.25, 0.3) is 0 Å². The first-order chi connectivity index (χ1) is 16.2. The molecule has 9 nitrogen and oxygen atoms in total. The number of aromatic nitrogens is 6. The number of alkyl halides is 3. The van der Waals surface area contributed by atoms with E-state index in [0.717, 1.165) is 55.3 Å². The molecule has 0 aromatic carbocycles. The van der Waals surface area contributed by atoms with Crippen molar-refractivity contribution in [1.82, 2.24) is 34.5 Å². The number of hydrogen-bond acceptors (Lipinski definition) is 7. The summed E-state index contributed by atoms with van der Waals surface area (Å²) >= 11 is 1.77. The molecule has 13 heteroatoms. The molecule has 0 amide bonds. The van der Waals surface area contributed by atoms with Gasteiger partial charge in [-0.2, -0.15) is 39.2 Å². The number of carboxylic acid groups (broad SMARTS) is 1. The van der Waals surface area contributed by atoms with Crippen LogP contribution in [0.4, 0.5) is 13.2 Å². The Balaban J connectivity index is 0.000000344. The summed E-state index contributed by atoms with van der Waals surface area (Å²) in [7, 11) is 1.93. The number of likely N-dealkylation sites (tertiary alicyclic amines) is 1. The van der Waals surface area contributed by atoms with Gasteiger partial charge in [-0.25, -0.2) is 4.79 Å². The van der Waals surface area contributed by atoms with Crippen molar-refractivity contribution in [2.75, 3.05) is 13.1 Å². The summed E-state index contributed by atoms with van der Waals surface area (Å²) < 4.78 is 35.5. The van der Waals surface area contributed by atoms with Crippen molar-refractivity contribution in [3.63, 3.8) is 0 Å². The highest BCUT2D eigenvalue weighted by Gasteiger charge is 2.38. The van der Waals surface area contributed by atoms with Gasteiger partial charge in [0.2, 0.25) is 0 Å². The van der Waals surface area contributed by atoms with Crippen LogP contribution in [-0.4, -0.2) is 64.8 Å². The number of aliphatic carboxylic acids is 1. The zero-order valence-electron chi connectivity index (χ0n) is 18.2. The maximum atomic E-state index is 10.6. The molecule has 180 valence electrons. The second-order valence-corrected chi connectivity index (χ2v) is 8.65. The minimum Gasteiger partial charge on any atom is -0.475 e. The topological polar surface area (TPSA) is 101 Å². The van der Waals surface area contributed by atoms with E-state index in [1.54, 1.807) is 17.5 Å². The SMILES string of the molecule is Cn1nccc1-c1ccc2nnc(C3CCN(Cc4ccsc4)CC3)n2n1.O=C(O)C(F)(F)F. The molecule has 1 aliphatic rings. The van der Waals surface area contributed by atoms with Crippen LogP contribution >= 0.6 is 11.3 Å². The van der Waals surface area contributed by atoms with Crippen molar-refractivity contribution < 1.29 is 23.1 Å². The smallest absolute Gasteiger partial charge is 0.475 e. The van der Waals surface area contributed by atoms with Gasteiger partial charge in [-0.1, -0.05) is 0 Å². The second kappa shape index (κ2) is 9.89. The monoisotopic (exact) mass is 493 g/mol. The minimum absolute atomic E-state index is 0.396. The average molecular weight is 494 g/mol. The molecule has 5 heterocycles. The summed E-state index contributed by atoms with van der Waals surface area (Å²) in [6, 6.07) is 8.15. The summed E-state index contributed by atoms with van der Waals surface area (Å²) in [5.41, 5.74) is 4.09. The van der Waals surface area contributed by atoms with Crippen molar-refractivity contribution >= 4 is 23.0 Å². The predicted octanol–water partition coefficient (Wildman–Crippen LogP) is 3.60. The lowest BCUT2D eigenvalue weighted by atomic mass is 9.96. The number of rotatable bonds is 4. The molecule has 1 fully saturated rings. The van der Waals surface area contributed by atoms with Crippen LogP contribution in [0.1, 0.15) is 30.1 Å². The molecule has 0 bridgehead atoms. The highest BCUT2D eigenvalue weighted by molar-refractivity contribution is 7.07. The van der Waals surface area contributed by atoms with E-state index in [1.165, 1.54) is 5.56 Å². The Morgan fingerprint density at radius 2 is 1.91 bits per heavy atom. The number of carboxylic acids is 1. The Kier molecular flexibility index (Phi) is 6.93. The molecule has 1 saturated heterocycles. The standard InChI is InChI=1S/C19H21N7S.C2HF3O2/c1-24-17(4-8-20-24)16-2-3-18-21-22-19(26(18)23-16)15-5-9-25(10-6-15)12-14-7-11-27-13-14;3-2(4,5)1(6)7/h2-4,7-8,11,13,15H,5-6,9-10,12H2,1H3;(H,6,7). The van der Waals surface area contributed by atoms with Crippen molar-refractivity contribution in [2.45, 2.75) is 31.5 Å². The van der Waals surface area contributed by atoms with Crippen molar-refractivity contribution in [2.24, 2.45) is 7.05 Å². The van der Waals surface area contributed by atoms with Crippen LogP contribution in [0.15, 0.2) is 41.2 Å². The molecule has 0 atom stereocenters. The Labute approximate surface area is 196 Å². The predicted molar refractivity (Wildman–Crippen MR) is 118 cm³/mol. The number of carbonyl (C=O) groups is 1. The quantitative estimate of drug-likeness (QED) is 0.464. The van der Waals surface area contributed by atoms with E-state index in [0.29, 0.717) is 5.92 Å². The fourth-order valence-corrected chi connectivity index (χ4v) is 4.47. The molecule has 0 spiro atoms. The molecular formula is C21H22F3N7O2S. The first-order valence-corrected chi connectivity index (χ1v) is 11.4. The minimum atomic E-state index is -5.08. The molecule has 0 radical (unpaired) electrons. The van der Waals surface area contributed by atoms with Gasteiger partial charge in [-0.05, 0) is 66.5 Å². The molecule has 0 aliphatic carbocycles. The van der Waals surface area contributed by atoms with Gasteiger partial charge in [0.05, 0.1) is 5.69 Å². The Morgan fingerprint density at radius 3 is 2.50 bits per heavy atom. The third-order valence-electron chi connectivity index (χ3n) is 5.55. The largest absolute Gasteiger partial charge is 0.490 e. The maximum absolute atomic E-state index is 10.6. The maximum Gasteiger partial charge on any atom is 0.490 e. The molecule has 34 heavy (non-hydrogen) atoms. The second-order valence-electron chi connectivity index (χ2n) is 7.87. The van der Waals surface area contributed by atoms with Crippen molar-refractivity contribution in [3.8, 4) is 11.4 Å². The van der Waals surface area contributed by atoms with E-state index in [2.05, 4.69) is 37.0 Å². The third-order valence-corrected chi connectivity index (χ3v) is 6.28. The number of hydrogen-bond donors (Lipinski definition) is 1. The summed E-state index contributed by atoms with van der Waals surface area (Å²) in [4.78, 5) is 11.4. The summed E-state index contributed by atoms with van der Waals surface area (Å²) in [6.07, 6.45) is -1.12. The van der Waals surface area contributed by atoms with Gasteiger partial charge in [0.1, 0.15) is 5.69 Å². The average Bonchev–Trinajstić information content (AvgIpc) is 3.55. The number of fused-ring (bicyclic) bond motifs is 1.